The van der Waals surface area contributed by atoms with E-state index in [9.17, 15) is 14.4 Å². The summed E-state index contributed by atoms with van der Waals surface area (Å²) in [5, 5.41) is 9.18. The number of rotatable bonds is 3. The number of carbonyl (C=O) groups is 2. The van der Waals surface area contributed by atoms with Gasteiger partial charge in [-0.25, -0.2) is 0 Å². The normalized spacial score (nSPS) is 20.5. The maximum absolute atomic E-state index is 14.5. The van der Waals surface area contributed by atoms with Crippen LogP contribution in [0.3, 0.4) is 0 Å². The number of hydrogen-bond donors (Lipinski definition) is 1. The number of hydrogen-bond acceptors (Lipinski definition) is 6. The lowest BCUT2D eigenvalue weighted by Gasteiger charge is -2.39. The summed E-state index contributed by atoms with van der Waals surface area (Å²) < 4.78 is 12.1. The van der Waals surface area contributed by atoms with Gasteiger partial charge in [-0.15, -0.1) is 0 Å². The lowest BCUT2D eigenvalue weighted by atomic mass is 9.64. The summed E-state index contributed by atoms with van der Waals surface area (Å²) >= 11 is 6.04. The van der Waals surface area contributed by atoms with Gasteiger partial charge in [0, 0.05) is 29.5 Å². The molecule has 9 heteroatoms. The van der Waals surface area contributed by atoms with E-state index in [1.165, 1.54) is 16.6 Å². The van der Waals surface area contributed by atoms with Crippen LogP contribution < -0.4 is 15.2 Å². The van der Waals surface area contributed by atoms with E-state index >= 15 is 0 Å². The number of nitrogens with zero attached hydrogens (tertiary/aromatic N) is 2. The smallest absolute Gasteiger partial charge is 0.319 e. The first-order valence-corrected chi connectivity index (χ1v) is 11.3. The van der Waals surface area contributed by atoms with Gasteiger partial charge in [-0.3, -0.25) is 19.8 Å². The highest BCUT2D eigenvalue weighted by atomic mass is 35.5. The van der Waals surface area contributed by atoms with Crippen molar-refractivity contribution in [3.05, 3.63) is 92.4 Å². The van der Waals surface area contributed by atoms with Crippen molar-refractivity contribution in [1.29, 1.82) is 5.41 Å². The van der Waals surface area contributed by atoms with E-state index in [4.69, 9.17) is 26.5 Å². The maximum atomic E-state index is 14.5. The number of anilines is 1. The number of ether oxygens (including phenoxy) is 2. The average Bonchev–Trinajstić information content (AvgIpc) is 3.07. The molecule has 1 aromatic heterocycles. The highest BCUT2D eigenvalue weighted by molar-refractivity contribution is 6.30. The summed E-state index contributed by atoms with van der Waals surface area (Å²) in [4.78, 5) is 42.9. The Labute approximate surface area is 206 Å². The maximum Gasteiger partial charge on any atom is 0.319 e. The number of aryl methyl sites for hydroxylation is 1. The van der Waals surface area contributed by atoms with Crippen molar-refractivity contribution in [1.82, 2.24) is 4.57 Å². The molecule has 1 spiro atoms. The van der Waals surface area contributed by atoms with Crippen LogP contribution in [0.5, 0.6) is 5.75 Å². The molecule has 0 bridgehead atoms. The first kappa shape index (κ1) is 22.9. The number of carbonyl (C=O) groups excluding carboxylic acids is 2. The Balaban J connectivity index is 1.84. The molecule has 0 saturated carbocycles. The molecule has 2 aliphatic heterocycles. The molecule has 8 nitrogen and oxygen atoms in total. The van der Waals surface area contributed by atoms with E-state index in [1.54, 1.807) is 56.4 Å². The summed E-state index contributed by atoms with van der Waals surface area (Å²) in [5.41, 5.74) is 0.122. The van der Waals surface area contributed by atoms with Gasteiger partial charge < -0.3 is 18.9 Å². The van der Waals surface area contributed by atoms with Gasteiger partial charge in [0.2, 0.25) is 11.8 Å². The van der Waals surface area contributed by atoms with E-state index in [0.717, 1.165) is 5.56 Å². The van der Waals surface area contributed by atoms with E-state index in [1.807, 2.05) is 12.1 Å². The fraction of sp³-hybridized carbons (Fsp3) is 0.231. The van der Waals surface area contributed by atoms with Crippen molar-refractivity contribution in [3.63, 3.8) is 0 Å². The predicted octanol–water partition coefficient (Wildman–Crippen LogP) is 3.34. The summed E-state index contributed by atoms with van der Waals surface area (Å²) in [6.45, 7) is 1.91. The van der Waals surface area contributed by atoms with E-state index in [0.29, 0.717) is 22.0 Å². The minimum atomic E-state index is -1.82. The Kier molecular flexibility index (Phi) is 5.29. The Morgan fingerprint density at radius 2 is 1.86 bits per heavy atom. The van der Waals surface area contributed by atoms with Gasteiger partial charge in [-0.1, -0.05) is 41.9 Å². The van der Waals surface area contributed by atoms with Crippen molar-refractivity contribution in [2.75, 3.05) is 12.0 Å². The second-order valence-electron chi connectivity index (χ2n) is 8.65. The van der Waals surface area contributed by atoms with Gasteiger partial charge in [0.25, 0.3) is 5.56 Å². The van der Waals surface area contributed by atoms with Crippen LogP contribution in [0.2, 0.25) is 5.02 Å². The number of fused-ring (bicyclic) bond motifs is 4. The monoisotopic (exact) mass is 491 g/mol. The molecule has 3 aromatic rings. The summed E-state index contributed by atoms with van der Waals surface area (Å²) in [5.74, 6) is -3.17. The van der Waals surface area contributed by atoms with Crippen molar-refractivity contribution in [2.24, 2.45) is 13.0 Å². The fourth-order valence-corrected chi connectivity index (χ4v) is 5.21. The van der Waals surface area contributed by atoms with E-state index < -0.39 is 34.7 Å². The topological polar surface area (TPSA) is 102 Å². The Hall–Kier alpha value is -3.91. The molecule has 2 aromatic carbocycles. The molecule has 0 aliphatic carbocycles. The zero-order valence-electron chi connectivity index (χ0n) is 19.3. The molecule has 2 unspecified atom stereocenters. The number of aromatic nitrogens is 1. The second-order valence-corrected chi connectivity index (χ2v) is 9.09. The molecule has 0 saturated heterocycles. The van der Waals surface area contributed by atoms with E-state index in [2.05, 4.69) is 0 Å². The summed E-state index contributed by atoms with van der Waals surface area (Å²) in [7, 11) is 2.78. The molecule has 35 heavy (non-hydrogen) atoms. The third kappa shape index (κ3) is 3.13. The Morgan fingerprint density at radius 3 is 2.54 bits per heavy atom. The number of amides is 1. The SMILES string of the molecule is COC(=O)C1C(=N)Oc2cc(C)n(C)c(=O)c2C12C(=O)N(Cc1ccc(Cl)cc1)c1ccccc12. The van der Waals surface area contributed by atoms with Crippen LogP contribution in [0.4, 0.5) is 5.69 Å². The predicted molar refractivity (Wildman–Crippen MR) is 130 cm³/mol. The summed E-state index contributed by atoms with van der Waals surface area (Å²) in [6, 6.07) is 15.7. The van der Waals surface area contributed by atoms with Crippen LogP contribution in [-0.2, 0) is 33.3 Å². The minimum absolute atomic E-state index is 0.0213. The number of pyridine rings is 1. The lowest BCUT2D eigenvalue weighted by molar-refractivity contribution is -0.147. The van der Waals surface area contributed by atoms with Gasteiger partial charge in [0.1, 0.15) is 11.2 Å². The van der Waals surface area contributed by atoms with Crippen molar-refractivity contribution in [3.8, 4) is 5.75 Å². The van der Waals surface area contributed by atoms with Gasteiger partial charge in [-0.05, 0) is 36.2 Å². The molecule has 1 N–H and O–H groups in total. The highest BCUT2D eigenvalue weighted by Gasteiger charge is 2.65. The number of esters is 1. The first-order valence-electron chi connectivity index (χ1n) is 10.9. The van der Waals surface area contributed by atoms with Crippen LogP contribution in [0.25, 0.3) is 0 Å². The van der Waals surface area contributed by atoms with Crippen LogP contribution in [0.1, 0.15) is 22.4 Å². The fourth-order valence-electron chi connectivity index (χ4n) is 5.09. The van der Waals surface area contributed by atoms with Crippen molar-refractivity contribution < 1.29 is 19.1 Å². The minimum Gasteiger partial charge on any atom is -0.468 e. The zero-order valence-corrected chi connectivity index (χ0v) is 20.1. The largest absolute Gasteiger partial charge is 0.468 e. The third-order valence-corrected chi connectivity index (χ3v) is 7.09. The highest BCUT2D eigenvalue weighted by Crippen LogP contribution is 2.55. The van der Waals surface area contributed by atoms with Gasteiger partial charge in [0.15, 0.2) is 5.92 Å². The number of nitrogens with one attached hydrogen (secondary N) is 1. The van der Waals surface area contributed by atoms with Crippen LogP contribution >= 0.6 is 11.6 Å². The quantitative estimate of drug-likeness (QED) is 0.566. The molecular formula is C26H22ClN3O5. The van der Waals surface area contributed by atoms with Crippen LogP contribution in [0, 0.1) is 18.3 Å². The number of halogens is 1. The Bertz CT molecular complexity index is 1460. The second kappa shape index (κ2) is 8.09. The molecule has 2 atom stereocenters. The number of benzene rings is 2. The zero-order chi connectivity index (χ0) is 25.1. The first-order chi connectivity index (χ1) is 16.7. The number of methoxy groups -OCH3 is 1. The molecule has 3 heterocycles. The van der Waals surface area contributed by atoms with Crippen LogP contribution in [-0.4, -0.2) is 29.5 Å². The summed E-state index contributed by atoms with van der Waals surface area (Å²) in [6.07, 6.45) is 0. The average molecular weight is 492 g/mol. The molecule has 178 valence electrons. The van der Waals surface area contributed by atoms with Crippen molar-refractivity contribution >= 4 is 35.1 Å². The molecule has 1 amide bonds. The van der Waals surface area contributed by atoms with Crippen LogP contribution in [0.15, 0.2) is 59.4 Å². The molecule has 5 rings (SSSR count). The molecular weight excluding hydrogens is 470 g/mol. The third-order valence-electron chi connectivity index (χ3n) is 6.84. The lowest BCUT2D eigenvalue weighted by Crippen LogP contribution is -2.58. The molecule has 0 radical (unpaired) electrons. The van der Waals surface area contributed by atoms with Crippen molar-refractivity contribution in [2.45, 2.75) is 18.9 Å². The van der Waals surface area contributed by atoms with Gasteiger partial charge in [0.05, 0.1) is 19.2 Å². The Morgan fingerprint density at radius 1 is 1.17 bits per heavy atom. The molecule has 0 fully saturated rings. The number of para-hydroxylation sites is 1. The molecule has 2 aliphatic rings. The standard InChI is InChI=1S/C26H22ClN3O5/c1-14-12-19-20(23(31)29(14)2)26(21(22(28)35-19)24(32)34-3)17-6-4-5-7-18(17)30(25(26)33)13-15-8-10-16(27)11-9-15/h4-12,21,28H,13H2,1-3H3. The van der Waals surface area contributed by atoms with Gasteiger partial charge >= 0.3 is 5.97 Å². The van der Waals surface area contributed by atoms with E-state index in [-0.39, 0.29) is 17.9 Å². The van der Waals surface area contributed by atoms with Gasteiger partial charge in [-0.2, -0.15) is 0 Å².